The SMILES string of the molecule is COC(=O)CNc1c(-c2cccs2)nc2c(C(=O)NC(CC(=O)O)c3cccc([N+](=O)[O-])c3)cccn12. The van der Waals surface area contributed by atoms with Crippen molar-refractivity contribution < 1.29 is 29.2 Å². The summed E-state index contributed by atoms with van der Waals surface area (Å²) in [7, 11) is 1.27. The highest BCUT2D eigenvalue weighted by molar-refractivity contribution is 7.13. The van der Waals surface area contributed by atoms with Gasteiger partial charge < -0.3 is 20.5 Å². The number of carbonyl (C=O) groups excluding carboxylic acids is 2. The molecular formula is C24H21N5O7S. The van der Waals surface area contributed by atoms with Crippen LogP contribution in [0.25, 0.3) is 16.2 Å². The molecule has 1 amide bonds. The molecule has 0 aliphatic heterocycles. The number of nitro benzene ring substituents is 1. The quantitative estimate of drug-likeness (QED) is 0.160. The highest BCUT2D eigenvalue weighted by Crippen LogP contribution is 2.33. The van der Waals surface area contributed by atoms with Gasteiger partial charge in [-0.25, -0.2) is 4.98 Å². The third-order valence-corrected chi connectivity index (χ3v) is 6.32. The fourth-order valence-corrected chi connectivity index (χ4v) is 4.46. The highest BCUT2D eigenvalue weighted by Gasteiger charge is 2.24. The number of carboxylic acid groups (broad SMARTS) is 1. The molecule has 3 N–H and O–H groups in total. The van der Waals surface area contributed by atoms with Gasteiger partial charge in [-0.15, -0.1) is 11.3 Å². The Kier molecular flexibility index (Phi) is 7.44. The lowest BCUT2D eigenvalue weighted by atomic mass is 10.0. The zero-order chi connectivity index (χ0) is 26.5. The predicted octanol–water partition coefficient (Wildman–Crippen LogP) is 3.50. The Labute approximate surface area is 213 Å². The average Bonchev–Trinajstić information content (AvgIpc) is 3.54. The van der Waals surface area contributed by atoms with Crippen LogP contribution in [-0.2, 0) is 14.3 Å². The molecule has 13 heteroatoms. The summed E-state index contributed by atoms with van der Waals surface area (Å²) in [4.78, 5) is 52.7. The average molecular weight is 524 g/mol. The van der Waals surface area contributed by atoms with E-state index in [0.29, 0.717) is 11.5 Å². The number of benzene rings is 1. The van der Waals surface area contributed by atoms with E-state index in [2.05, 4.69) is 15.6 Å². The van der Waals surface area contributed by atoms with Crippen molar-refractivity contribution in [2.45, 2.75) is 12.5 Å². The number of carbonyl (C=O) groups is 3. The number of pyridine rings is 1. The number of carboxylic acids is 1. The molecule has 0 spiro atoms. The maximum atomic E-state index is 13.4. The number of aliphatic carboxylic acids is 1. The zero-order valence-electron chi connectivity index (χ0n) is 19.4. The van der Waals surface area contributed by atoms with E-state index in [1.807, 2.05) is 17.5 Å². The van der Waals surface area contributed by atoms with Gasteiger partial charge in [0.2, 0.25) is 0 Å². The number of amides is 1. The molecule has 12 nitrogen and oxygen atoms in total. The molecule has 0 saturated heterocycles. The van der Waals surface area contributed by atoms with Crippen molar-refractivity contribution in [1.82, 2.24) is 14.7 Å². The molecule has 37 heavy (non-hydrogen) atoms. The zero-order valence-corrected chi connectivity index (χ0v) is 20.2. The normalized spacial score (nSPS) is 11.6. The van der Waals surface area contributed by atoms with Crippen molar-refractivity contribution in [2.24, 2.45) is 0 Å². The summed E-state index contributed by atoms with van der Waals surface area (Å²) >= 11 is 1.43. The highest BCUT2D eigenvalue weighted by atomic mass is 32.1. The summed E-state index contributed by atoms with van der Waals surface area (Å²) in [5.41, 5.74) is 0.982. The number of anilines is 1. The smallest absolute Gasteiger partial charge is 0.325 e. The first-order chi connectivity index (χ1) is 17.8. The fourth-order valence-electron chi connectivity index (χ4n) is 3.74. The molecule has 4 aromatic rings. The Morgan fingerprint density at radius 3 is 2.70 bits per heavy atom. The van der Waals surface area contributed by atoms with Crippen LogP contribution in [-0.4, -0.2) is 50.9 Å². The number of nitrogens with zero attached hydrogens (tertiary/aromatic N) is 3. The monoisotopic (exact) mass is 523 g/mol. The molecule has 190 valence electrons. The Morgan fingerprint density at radius 1 is 1.22 bits per heavy atom. The number of methoxy groups -OCH3 is 1. The van der Waals surface area contributed by atoms with E-state index < -0.39 is 35.2 Å². The largest absolute Gasteiger partial charge is 0.481 e. The number of non-ortho nitro benzene ring substituents is 1. The number of hydrogen-bond donors (Lipinski definition) is 3. The van der Waals surface area contributed by atoms with E-state index in [9.17, 15) is 29.6 Å². The van der Waals surface area contributed by atoms with Crippen LogP contribution in [0.1, 0.15) is 28.4 Å². The predicted molar refractivity (Wildman–Crippen MR) is 135 cm³/mol. The van der Waals surface area contributed by atoms with Gasteiger partial charge in [0.25, 0.3) is 11.6 Å². The molecule has 4 rings (SSSR count). The number of esters is 1. The van der Waals surface area contributed by atoms with Gasteiger partial charge in [0.05, 0.1) is 34.9 Å². The van der Waals surface area contributed by atoms with Gasteiger partial charge in [0, 0.05) is 18.3 Å². The van der Waals surface area contributed by atoms with Crippen molar-refractivity contribution in [1.29, 1.82) is 0 Å². The minimum absolute atomic E-state index is 0.132. The number of imidazole rings is 1. The summed E-state index contributed by atoms with van der Waals surface area (Å²) < 4.78 is 6.33. The summed E-state index contributed by atoms with van der Waals surface area (Å²) in [6.45, 7) is -0.132. The molecule has 3 heterocycles. The lowest BCUT2D eigenvalue weighted by Gasteiger charge is -2.17. The van der Waals surface area contributed by atoms with Crippen molar-refractivity contribution in [3.05, 3.63) is 81.3 Å². The molecule has 0 bridgehead atoms. The van der Waals surface area contributed by atoms with Gasteiger partial charge >= 0.3 is 11.9 Å². The van der Waals surface area contributed by atoms with Crippen LogP contribution in [0.3, 0.4) is 0 Å². The van der Waals surface area contributed by atoms with Gasteiger partial charge in [0.15, 0.2) is 5.65 Å². The fraction of sp³-hybridized carbons (Fsp3) is 0.167. The number of aromatic nitrogens is 2. The topological polar surface area (TPSA) is 165 Å². The van der Waals surface area contributed by atoms with E-state index in [-0.39, 0.29) is 29.0 Å². The molecule has 1 aromatic carbocycles. The third kappa shape index (κ3) is 5.56. The first-order valence-corrected chi connectivity index (χ1v) is 11.8. The third-order valence-electron chi connectivity index (χ3n) is 5.44. The minimum atomic E-state index is -1.19. The standard InChI is InChI=1S/C24H21N5O7S/c1-36-20(32)13-25-23-21(18-8-4-10-37-18)27-22-16(7-3-9-28(22)23)24(33)26-17(12-19(30)31)14-5-2-6-15(11-14)29(34)35/h2-11,17,25H,12-13H2,1H3,(H,26,33)(H,30,31). The molecule has 0 aliphatic carbocycles. The van der Waals surface area contributed by atoms with Gasteiger partial charge in [0.1, 0.15) is 18.1 Å². The van der Waals surface area contributed by atoms with E-state index in [1.165, 1.54) is 48.8 Å². The van der Waals surface area contributed by atoms with Gasteiger partial charge in [-0.05, 0) is 29.1 Å². The van der Waals surface area contributed by atoms with Gasteiger partial charge in [-0.1, -0.05) is 18.2 Å². The second-order valence-corrected chi connectivity index (χ2v) is 8.76. The molecule has 1 atom stereocenters. The number of ether oxygens (including phenoxy) is 1. The molecular weight excluding hydrogens is 502 g/mol. The first-order valence-electron chi connectivity index (χ1n) is 10.9. The second kappa shape index (κ2) is 10.9. The Morgan fingerprint density at radius 2 is 2.03 bits per heavy atom. The maximum Gasteiger partial charge on any atom is 0.325 e. The van der Waals surface area contributed by atoms with Crippen molar-refractivity contribution in [2.75, 3.05) is 19.0 Å². The molecule has 0 fully saturated rings. The lowest BCUT2D eigenvalue weighted by molar-refractivity contribution is -0.384. The van der Waals surface area contributed by atoms with Crippen LogP contribution in [0.5, 0.6) is 0 Å². The van der Waals surface area contributed by atoms with Crippen LogP contribution in [0.2, 0.25) is 0 Å². The number of nitrogens with one attached hydrogen (secondary N) is 2. The van der Waals surface area contributed by atoms with Crippen LogP contribution in [0.4, 0.5) is 11.5 Å². The minimum Gasteiger partial charge on any atom is -0.481 e. The van der Waals surface area contributed by atoms with Crippen molar-refractivity contribution >= 4 is 46.3 Å². The van der Waals surface area contributed by atoms with E-state index in [4.69, 9.17) is 4.74 Å². The van der Waals surface area contributed by atoms with E-state index in [1.54, 1.807) is 16.7 Å². The van der Waals surface area contributed by atoms with Crippen molar-refractivity contribution in [3.8, 4) is 10.6 Å². The summed E-state index contributed by atoms with van der Waals surface area (Å²) in [6.07, 6.45) is 1.18. The number of rotatable bonds is 10. The van der Waals surface area contributed by atoms with Crippen molar-refractivity contribution in [3.63, 3.8) is 0 Å². The lowest BCUT2D eigenvalue weighted by Crippen LogP contribution is -2.30. The maximum absolute atomic E-state index is 13.4. The van der Waals surface area contributed by atoms with Crippen LogP contribution < -0.4 is 10.6 Å². The van der Waals surface area contributed by atoms with Gasteiger partial charge in [-0.3, -0.25) is 28.9 Å². The Hall–Kier alpha value is -4.78. The Bertz CT molecular complexity index is 1480. The molecule has 3 aromatic heterocycles. The number of nitro groups is 1. The number of thiophene rings is 1. The summed E-state index contributed by atoms with van der Waals surface area (Å²) in [5, 5.41) is 28.1. The summed E-state index contributed by atoms with van der Waals surface area (Å²) in [5.74, 6) is -1.83. The molecule has 0 aliphatic rings. The van der Waals surface area contributed by atoms with E-state index >= 15 is 0 Å². The first kappa shape index (κ1) is 25.3. The van der Waals surface area contributed by atoms with Crippen LogP contribution in [0, 0.1) is 10.1 Å². The molecule has 0 radical (unpaired) electrons. The van der Waals surface area contributed by atoms with Crippen LogP contribution in [0.15, 0.2) is 60.1 Å². The van der Waals surface area contributed by atoms with Crippen LogP contribution >= 0.6 is 11.3 Å². The Balaban J connectivity index is 1.73. The number of fused-ring (bicyclic) bond motifs is 1. The van der Waals surface area contributed by atoms with E-state index in [0.717, 1.165) is 4.88 Å². The molecule has 1 unspecified atom stereocenters. The van der Waals surface area contributed by atoms with Gasteiger partial charge in [-0.2, -0.15) is 0 Å². The number of hydrogen-bond acceptors (Lipinski definition) is 9. The second-order valence-electron chi connectivity index (χ2n) is 7.81. The summed E-state index contributed by atoms with van der Waals surface area (Å²) in [6, 6.07) is 11.3. The molecule has 0 saturated carbocycles.